The Labute approximate surface area is 114 Å². The first-order valence-electron chi connectivity index (χ1n) is 5.71. The van der Waals surface area contributed by atoms with Gasteiger partial charge in [-0.05, 0) is 19.1 Å². The normalized spacial score (nSPS) is 9.65. The maximum Gasteiger partial charge on any atom is 0.404 e. The average molecular weight is 281 g/mol. The van der Waals surface area contributed by atoms with E-state index in [1.807, 2.05) is 0 Å². The Balaban J connectivity index is 2.57. The summed E-state index contributed by atoms with van der Waals surface area (Å²) in [5, 5.41) is 13.8. The van der Waals surface area contributed by atoms with E-state index in [1.54, 1.807) is 13.0 Å². The van der Waals surface area contributed by atoms with Crippen molar-refractivity contribution in [3.05, 3.63) is 29.3 Å². The van der Waals surface area contributed by atoms with E-state index in [0.29, 0.717) is 0 Å². The number of anilines is 1. The van der Waals surface area contributed by atoms with Crippen LogP contribution in [0.1, 0.15) is 15.9 Å². The van der Waals surface area contributed by atoms with Crippen LogP contribution in [0.25, 0.3) is 0 Å². The van der Waals surface area contributed by atoms with Crippen LogP contribution < -0.4 is 16.4 Å². The zero-order chi connectivity index (χ0) is 15.1. The Morgan fingerprint density at radius 3 is 2.65 bits per heavy atom. The summed E-state index contributed by atoms with van der Waals surface area (Å²) in [5.74, 6) is -1.14. The molecule has 3 amide bonds. The Bertz CT molecular complexity index is 530. The molecule has 0 fully saturated rings. The molecule has 0 heterocycles. The van der Waals surface area contributed by atoms with Gasteiger partial charge in [-0.1, -0.05) is 11.6 Å². The van der Waals surface area contributed by atoms with Crippen LogP contribution in [0.5, 0.6) is 0 Å². The second-order valence-corrected chi connectivity index (χ2v) is 3.90. The maximum atomic E-state index is 11.5. The zero-order valence-corrected chi connectivity index (χ0v) is 10.8. The highest BCUT2D eigenvalue weighted by atomic mass is 16.5. The highest BCUT2D eigenvalue weighted by molar-refractivity contribution is 6.00. The number of aromatic carboxylic acids is 1. The summed E-state index contributed by atoms with van der Waals surface area (Å²) in [5.41, 5.74) is 5.68. The average Bonchev–Trinajstić information content (AvgIpc) is 2.36. The predicted molar refractivity (Wildman–Crippen MR) is 70.7 cm³/mol. The number of amides is 3. The molecular formula is C12H15N3O5. The minimum atomic E-state index is -1.14. The summed E-state index contributed by atoms with van der Waals surface area (Å²) in [4.78, 5) is 32.9. The quantitative estimate of drug-likeness (QED) is 0.596. The van der Waals surface area contributed by atoms with Gasteiger partial charge >= 0.3 is 18.1 Å². The van der Waals surface area contributed by atoms with Crippen molar-refractivity contribution in [1.29, 1.82) is 0 Å². The number of hydrogen-bond acceptors (Lipinski definition) is 4. The van der Waals surface area contributed by atoms with Crippen molar-refractivity contribution in [3.8, 4) is 0 Å². The van der Waals surface area contributed by atoms with Crippen LogP contribution in [-0.2, 0) is 4.74 Å². The molecule has 0 spiro atoms. The molecule has 1 aromatic rings. The van der Waals surface area contributed by atoms with Crippen LogP contribution >= 0.6 is 0 Å². The first-order valence-corrected chi connectivity index (χ1v) is 5.71. The van der Waals surface area contributed by atoms with Crippen molar-refractivity contribution in [1.82, 2.24) is 5.32 Å². The zero-order valence-electron chi connectivity index (χ0n) is 10.8. The molecule has 20 heavy (non-hydrogen) atoms. The van der Waals surface area contributed by atoms with E-state index in [9.17, 15) is 14.4 Å². The van der Waals surface area contributed by atoms with Crippen LogP contribution in [0.2, 0.25) is 0 Å². The van der Waals surface area contributed by atoms with Gasteiger partial charge in [0, 0.05) is 0 Å². The Kier molecular flexibility index (Phi) is 5.33. The standard InChI is InChI=1S/C12H15N3O5/c1-7-2-3-9(8(6-7)10(16)17)15-12(19)14-4-5-20-11(13)18/h2-3,6H,4-5H2,1H3,(H2,13,18)(H,16,17)(H2,14,15,19). The number of ether oxygens (including phenoxy) is 1. The fraction of sp³-hybridized carbons (Fsp3) is 0.250. The number of carboxylic acids is 1. The molecule has 0 bridgehead atoms. The highest BCUT2D eigenvalue weighted by Gasteiger charge is 2.12. The van der Waals surface area contributed by atoms with Crippen molar-refractivity contribution in [2.45, 2.75) is 6.92 Å². The minimum absolute atomic E-state index is 0.00599. The van der Waals surface area contributed by atoms with E-state index in [4.69, 9.17) is 10.8 Å². The van der Waals surface area contributed by atoms with Crippen molar-refractivity contribution in [2.24, 2.45) is 5.73 Å². The van der Waals surface area contributed by atoms with Gasteiger partial charge in [0.2, 0.25) is 0 Å². The lowest BCUT2D eigenvalue weighted by molar-refractivity contribution is 0.0698. The Morgan fingerprint density at radius 2 is 2.05 bits per heavy atom. The number of nitrogens with one attached hydrogen (secondary N) is 2. The molecule has 0 aliphatic carbocycles. The molecule has 0 aromatic heterocycles. The van der Waals surface area contributed by atoms with Crippen molar-refractivity contribution in [2.75, 3.05) is 18.5 Å². The molecule has 1 rings (SSSR count). The van der Waals surface area contributed by atoms with E-state index >= 15 is 0 Å². The van der Waals surface area contributed by atoms with Crippen molar-refractivity contribution in [3.63, 3.8) is 0 Å². The number of aryl methyl sites for hydroxylation is 1. The third kappa shape index (κ3) is 4.84. The maximum absolute atomic E-state index is 11.5. The molecular weight excluding hydrogens is 266 g/mol. The second-order valence-electron chi connectivity index (χ2n) is 3.90. The van der Waals surface area contributed by atoms with Gasteiger partial charge in [-0.15, -0.1) is 0 Å². The minimum Gasteiger partial charge on any atom is -0.478 e. The summed E-state index contributed by atoms with van der Waals surface area (Å²) in [6.45, 7) is 1.74. The number of primary amides is 1. The van der Waals surface area contributed by atoms with Crippen molar-refractivity contribution >= 4 is 23.8 Å². The number of rotatable bonds is 5. The van der Waals surface area contributed by atoms with E-state index in [2.05, 4.69) is 15.4 Å². The smallest absolute Gasteiger partial charge is 0.404 e. The highest BCUT2D eigenvalue weighted by Crippen LogP contribution is 2.17. The molecule has 8 heteroatoms. The Hall–Kier alpha value is -2.77. The SMILES string of the molecule is Cc1ccc(NC(=O)NCCOC(N)=O)c(C(=O)O)c1. The number of carboxylic acid groups (broad SMARTS) is 1. The van der Waals surface area contributed by atoms with Crippen LogP contribution in [0, 0.1) is 6.92 Å². The molecule has 0 unspecified atom stereocenters. The fourth-order valence-electron chi connectivity index (χ4n) is 1.43. The molecule has 0 saturated carbocycles. The lowest BCUT2D eigenvalue weighted by atomic mass is 10.1. The summed E-state index contributed by atoms with van der Waals surface area (Å²) >= 11 is 0. The summed E-state index contributed by atoms with van der Waals surface area (Å²) in [7, 11) is 0. The molecule has 0 aliphatic rings. The van der Waals surface area contributed by atoms with Crippen LogP contribution in [0.3, 0.4) is 0 Å². The molecule has 5 N–H and O–H groups in total. The van der Waals surface area contributed by atoms with Gasteiger partial charge in [-0.25, -0.2) is 14.4 Å². The molecule has 108 valence electrons. The second kappa shape index (κ2) is 6.98. The van der Waals surface area contributed by atoms with Gasteiger partial charge in [-0.2, -0.15) is 0 Å². The number of nitrogens with two attached hydrogens (primary N) is 1. The molecule has 0 atom stereocenters. The molecule has 0 radical (unpaired) electrons. The Morgan fingerprint density at radius 1 is 1.35 bits per heavy atom. The number of hydrogen-bond donors (Lipinski definition) is 4. The fourth-order valence-corrected chi connectivity index (χ4v) is 1.43. The molecule has 0 saturated heterocycles. The third-order valence-electron chi connectivity index (χ3n) is 2.29. The molecule has 0 aliphatic heterocycles. The predicted octanol–water partition coefficient (Wildman–Crippen LogP) is 0.910. The number of carbonyl (C=O) groups excluding carboxylic acids is 2. The van der Waals surface area contributed by atoms with Gasteiger partial charge < -0.3 is 26.2 Å². The van der Waals surface area contributed by atoms with Crippen LogP contribution in [0.4, 0.5) is 15.3 Å². The largest absolute Gasteiger partial charge is 0.478 e. The van der Waals surface area contributed by atoms with E-state index < -0.39 is 18.1 Å². The van der Waals surface area contributed by atoms with E-state index in [-0.39, 0.29) is 24.4 Å². The first kappa shape index (κ1) is 15.3. The third-order valence-corrected chi connectivity index (χ3v) is 2.29. The number of urea groups is 1. The summed E-state index contributed by atoms with van der Waals surface area (Å²) in [6.07, 6.45) is -0.932. The lowest BCUT2D eigenvalue weighted by Crippen LogP contribution is -2.33. The lowest BCUT2D eigenvalue weighted by Gasteiger charge is -2.10. The molecule has 1 aromatic carbocycles. The van der Waals surface area contributed by atoms with Gasteiger partial charge in [-0.3, -0.25) is 0 Å². The summed E-state index contributed by atoms with van der Waals surface area (Å²) < 4.78 is 4.42. The topological polar surface area (TPSA) is 131 Å². The summed E-state index contributed by atoms with van der Waals surface area (Å²) in [6, 6.07) is 4.02. The van der Waals surface area contributed by atoms with Gasteiger partial charge in [0.15, 0.2) is 0 Å². The van der Waals surface area contributed by atoms with Crippen molar-refractivity contribution < 1.29 is 24.2 Å². The van der Waals surface area contributed by atoms with Crippen LogP contribution in [0.15, 0.2) is 18.2 Å². The van der Waals surface area contributed by atoms with Crippen LogP contribution in [-0.4, -0.2) is 36.4 Å². The van der Waals surface area contributed by atoms with Gasteiger partial charge in [0.25, 0.3) is 0 Å². The first-order chi connectivity index (χ1) is 9.40. The number of benzene rings is 1. The van der Waals surface area contributed by atoms with E-state index in [1.165, 1.54) is 12.1 Å². The monoisotopic (exact) mass is 281 g/mol. The molecule has 8 nitrogen and oxygen atoms in total. The van der Waals surface area contributed by atoms with Gasteiger partial charge in [0.1, 0.15) is 6.61 Å². The van der Waals surface area contributed by atoms with E-state index in [0.717, 1.165) is 5.56 Å². The number of carbonyl (C=O) groups is 3. The van der Waals surface area contributed by atoms with Gasteiger partial charge in [0.05, 0.1) is 17.8 Å².